The second kappa shape index (κ2) is 8.23. The van der Waals surface area contributed by atoms with Crippen LogP contribution in [0, 0.1) is 6.92 Å². The molecule has 4 nitrogen and oxygen atoms in total. The van der Waals surface area contributed by atoms with E-state index in [1.54, 1.807) is 24.8 Å². The van der Waals surface area contributed by atoms with E-state index in [0.29, 0.717) is 34.1 Å². The Kier molecular flexibility index (Phi) is 5.79. The van der Waals surface area contributed by atoms with Gasteiger partial charge in [-0.3, -0.25) is 4.79 Å². The summed E-state index contributed by atoms with van der Waals surface area (Å²) in [5.74, 6) is 1.05. The number of rotatable bonds is 6. The lowest BCUT2D eigenvalue weighted by atomic mass is 10.1. The minimum absolute atomic E-state index is 0.206. The topological polar surface area (TPSA) is 55.1 Å². The highest BCUT2D eigenvalue weighted by atomic mass is 35.5. The molecular weight excluding hydrogens is 356 g/mol. The van der Waals surface area contributed by atoms with E-state index in [9.17, 15) is 4.79 Å². The number of nitrogens with one attached hydrogen (secondary N) is 1. The summed E-state index contributed by atoms with van der Waals surface area (Å²) in [6, 6.07) is 17.3. The number of amides is 1. The lowest BCUT2D eigenvalue weighted by Gasteiger charge is -2.07. The van der Waals surface area contributed by atoms with Gasteiger partial charge in [-0.15, -0.1) is 11.8 Å². The van der Waals surface area contributed by atoms with Crippen molar-refractivity contribution in [2.24, 2.45) is 0 Å². The van der Waals surface area contributed by atoms with Gasteiger partial charge < -0.3 is 9.84 Å². The highest BCUT2D eigenvalue weighted by molar-refractivity contribution is 7.99. The molecule has 0 aliphatic carbocycles. The van der Waals surface area contributed by atoms with Crippen molar-refractivity contribution in [3.8, 4) is 11.3 Å². The molecule has 0 spiro atoms. The third-order valence-corrected chi connectivity index (χ3v) is 4.96. The van der Waals surface area contributed by atoms with Gasteiger partial charge in [-0.1, -0.05) is 53.2 Å². The van der Waals surface area contributed by atoms with E-state index < -0.39 is 0 Å². The zero-order valence-corrected chi connectivity index (χ0v) is 15.2. The van der Waals surface area contributed by atoms with E-state index in [1.165, 1.54) is 4.90 Å². The molecule has 1 heterocycles. The number of hydrogen-bond donors (Lipinski definition) is 1. The quantitative estimate of drug-likeness (QED) is 0.497. The van der Waals surface area contributed by atoms with Gasteiger partial charge in [0.15, 0.2) is 0 Å². The lowest BCUT2D eigenvalue weighted by Crippen LogP contribution is -2.26. The van der Waals surface area contributed by atoms with Gasteiger partial charge in [0, 0.05) is 22.8 Å². The largest absolute Gasteiger partial charge is 0.360 e. The maximum atomic E-state index is 12.6. The Morgan fingerprint density at radius 3 is 2.64 bits per heavy atom. The van der Waals surface area contributed by atoms with Gasteiger partial charge in [0.05, 0.1) is 5.02 Å². The summed E-state index contributed by atoms with van der Waals surface area (Å²) in [6.07, 6.45) is 0. The van der Waals surface area contributed by atoms with Crippen LogP contribution in [-0.4, -0.2) is 23.4 Å². The van der Waals surface area contributed by atoms with Crippen molar-refractivity contribution >= 4 is 29.3 Å². The van der Waals surface area contributed by atoms with E-state index in [-0.39, 0.29) is 5.91 Å². The summed E-state index contributed by atoms with van der Waals surface area (Å²) in [5, 5.41) is 7.47. The average molecular weight is 373 g/mol. The van der Waals surface area contributed by atoms with Crippen LogP contribution >= 0.6 is 23.4 Å². The first kappa shape index (κ1) is 17.6. The van der Waals surface area contributed by atoms with Crippen molar-refractivity contribution in [2.75, 3.05) is 12.3 Å². The number of halogens is 1. The second-order valence-corrected chi connectivity index (χ2v) is 6.94. The molecule has 0 radical (unpaired) electrons. The maximum absolute atomic E-state index is 12.6. The number of aryl methyl sites for hydroxylation is 1. The molecule has 1 aromatic heterocycles. The fourth-order valence-electron chi connectivity index (χ4n) is 2.42. The summed E-state index contributed by atoms with van der Waals surface area (Å²) >= 11 is 7.91. The van der Waals surface area contributed by atoms with Gasteiger partial charge in [-0.25, -0.2) is 0 Å². The second-order valence-electron chi connectivity index (χ2n) is 5.36. The number of thioether (sulfide) groups is 1. The average Bonchev–Trinajstić information content (AvgIpc) is 3.01. The summed E-state index contributed by atoms with van der Waals surface area (Å²) in [6.45, 7) is 2.27. The molecule has 2 aromatic carbocycles. The third kappa shape index (κ3) is 4.24. The van der Waals surface area contributed by atoms with Crippen LogP contribution in [0.1, 0.15) is 16.1 Å². The number of carbonyl (C=O) groups excluding carboxylic acids is 1. The smallest absolute Gasteiger partial charge is 0.257 e. The van der Waals surface area contributed by atoms with Crippen molar-refractivity contribution in [1.82, 2.24) is 10.5 Å². The molecule has 0 atom stereocenters. The van der Waals surface area contributed by atoms with Gasteiger partial charge >= 0.3 is 0 Å². The zero-order valence-electron chi connectivity index (χ0n) is 13.7. The molecule has 0 saturated carbocycles. The standard InChI is InChI=1S/C19H17ClN2O2S/c1-13-17(18(22-24-13)15-9-5-6-10-16(15)20)19(23)21-11-12-25-14-7-3-2-4-8-14/h2-10H,11-12H2,1H3,(H,21,23). The van der Waals surface area contributed by atoms with Crippen LogP contribution in [0.4, 0.5) is 0 Å². The summed E-state index contributed by atoms with van der Waals surface area (Å²) in [7, 11) is 0. The number of carbonyl (C=O) groups is 1. The predicted molar refractivity (Wildman–Crippen MR) is 101 cm³/mol. The Labute approximate surface area is 155 Å². The predicted octanol–water partition coefficient (Wildman–Crippen LogP) is 4.83. The molecule has 0 fully saturated rings. The van der Waals surface area contributed by atoms with Crippen molar-refractivity contribution in [3.63, 3.8) is 0 Å². The molecule has 0 bridgehead atoms. The number of nitrogens with zero attached hydrogens (tertiary/aromatic N) is 1. The summed E-state index contributed by atoms with van der Waals surface area (Å²) < 4.78 is 5.23. The normalized spacial score (nSPS) is 10.6. The Bertz CT molecular complexity index is 865. The minimum atomic E-state index is -0.206. The lowest BCUT2D eigenvalue weighted by molar-refractivity contribution is 0.0955. The molecular formula is C19H17ClN2O2S. The van der Waals surface area contributed by atoms with Crippen LogP contribution in [-0.2, 0) is 0 Å². The fourth-order valence-corrected chi connectivity index (χ4v) is 3.43. The number of benzene rings is 2. The van der Waals surface area contributed by atoms with Crippen LogP contribution in [0.5, 0.6) is 0 Å². The van der Waals surface area contributed by atoms with Crippen molar-refractivity contribution in [2.45, 2.75) is 11.8 Å². The van der Waals surface area contributed by atoms with Crippen LogP contribution in [0.2, 0.25) is 5.02 Å². The van der Waals surface area contributed by atoms with Gasteiger partial charge in [0.25, 0.3) is 5.91 Å². The first-order chi connectivity index (χ1) is 12.2. The first-order valence-electron chi connectivity index (χ1n) is 7.84. The molecule has 6 heteroatoms. The molecule has 0 saturated heterocycles. The third-order valence-electron chi connectivity index (χ3n) is 3.62. The Hall–Kier alpha value is -2.24. The fraction of sp³-hybridized carbons (Fsp3) is 0.158. The Morgan fingerprint density at radius 2 is 1.88 bits per heavy atom. The molecule has 128 valence electrons. The monoisotopic (exact) mass is 372 g/mol. The van der Waals surface area contributed by atoms with Crippen LogP contribution < -0.4 is 5.32 Å². The molecule has 1 N–H and O–H groups in total. The van der Waals surface area contributed by atoms with Crippen molar-refractivity contribution in [1.29, 1.82) is 0 Å². The van der Waals surface area contributed by atoms with Gasteiger partial charge in [0.2, 0.25) is 0 Å². The maximum Gasteiger partial charge on any atom is 0.257 e. The Balaban J connectivity index is 1.66. The molecule has 3 aromatic rings. The van der Waals surface area contributed by atoms with Crippen molar-refractivity contribution < 1.29 is 9.32 Å². The highest BCUT2D eigenvalue weighted by Crippen LogP contribution is 2.30. The SMILES string of the molecule is Cc1onc(-c2ccccc2Cl)c1C(=O)NCCSc1ccccc1. The van der Waals surface area contributed by atoms with E-state index in [0.717, 1.165) is 5.75 Å². The van der Waals surface area contributed by atoms with Crippen LogP contribution in [0.15, 0.2) is 64.0 Å². The van der Waals surface area contributed by atoms with Gasteiger partial charge in [-0.2, -0.15) is 0 Å². The molecule has 3 rings (SSSR count). The zero-order chi connectivity index (χ0) is 17.6. The summed E-state index contributed by atoms with van der Waals surface area (Å²) in [5.41, 5.74) is 1.58. The minimum Gasteiger partial charge on any atom is -0.360 e. The number of hydrogen-bond acceptors (Lipinski definition) is 4. The molecule has 0 aliphatic rings. The first-order valence-corrected chi connectivity index (χ1v) is 9.20. The van der Waals surface area contributed by atoms with E-state index in [1.807, 2.05) is 48.5 Å². The van der Waals surface area contributed by atoms with E-state index in [2.05, 4.69) is 10.5 Å². The van der Waals surface area contributed by atoms with Gasteiger partial charge in [0.1, 0.15) is 17.0 Å². The van der Waals surface area contributed by atoms with E-state index >= 15 is 0 Å². The van der Waals surface area contributed by atoms with Crippen molar-refractivity contribution in [3.05, 3.63) is 70.9 Å². The van der Waals surface area contributed by atoms with Gasteiger partial charge in [-0.05, 0) is 25.1 Å². The van der Waals surface area contributed by atoms with Crippen LogP contribution in [0.25, 0.3) is 11.3 Å². The molecule has 25 heavy (non-hydrogen) atoms. The molecule has 1 amide bonds. The van der Waals surface area contributed by atoms with Crippen LogP contribution in [0.3, 0.4) is 0 Å². The molecule has 0 unspecified atom stereocenters. The molecule has 0 aliphatic heterocycles. The van der Waals surface area contributed by atoms with E-state index in [4.69, 9.17) is 16.1 Å². The summed E-state index contributed by atoms with van der Waals surface area (Å²) in [4.78, 5) is 13.8. The Morgan fingerprint density at radius 1 is 1.16 bits per heavy atom. The number of aromatic nitrogens is 1. The highest BCUT2D eigenvalue weighted by Gasteiger charge is 2.22.